The molecule has 0 saturated heterocycles. The molecule has 0 N–H and O–H groups in total. The number of aromatic nitrogens is 3. The number of benzene rings is 9. The quantitative estimate of drug-likeness (QED) is 0.122. The van der Waals surface area contributed by atoms with E-state index in [4.69, 9.17) is 52.8 Å². The molecule has 9 aromatic carbocycles. The van der Waals surface area contributed by atoms with Crippen molar-refractivity contribution in [2.75, 3.05) is 0 Å². The van der Waals surface area contributed by atoms with Crippen molar-refractivity contribution in [3.05, 3.63) is 217 Å². The van der Waals surface area contributed by atoms with E-state index in [9.17, 15) is 0 Å². The van der Waals surface area contributed by atoms with Crippen LogP contribution in [0.2, 0.25) is 0 Å². The van der Waals surface area contributed by atoms with Crippen molar-refractivity contribution < 1.29 is 39.0 Å². The maximum absolute atomic E-state index is 5.58. The van der Waals surface area contributed by atoms with Crippen LogP contribution < -0.4 is 0 Å². The number of nitrogens with zero attached hydrogens (tertiary/aromatic N) is 3. The third kappa shape index (κ3) is 14.1. The van der Waals surface area contributed by atoms with Crippen LogP contribution >= 0.6 is 34.0 Å². The van der Waals surface area contributed by atoms with Crippen molar-refractivity contribution in [3.63, 3.8) is 0 Å². The van der Waals surface area contributed by atoms with Crippen LogP contribution in [-0.2, 0) is 93.1 Å². The van der Waals surface area contributed by atoms with Gasteiger partial charge in [-0.15, -0.1) is 34.0 Å². The van der Waals surface area contributed by atoms with Gasteiger partial charge >= 0.3 is 0 Å². The summed E-state index contributed by atoms with van der Waals surface area (Å²) in [5.41, 5.74) is 17.9. The minimum absolute atomic E-state index is 0. The van der Waals surface area contributed by atoms with Gasteiger partial charge in [-0.1, -0.05) is 208 Å². The van der Waals surface area contributed by atoms with E-state index in [1.807, 2.05) is 72.8 Å². The summed E-state index contributed by atoms with van der Waals surface area (Å²) >= 11 is 21.8. The van der Waals surface area contributed by atoms with E-state index in [2.05, 4.69) is 190 Å². The first-order chi connectivity index (χ1) is 37.2. The van der Waals surface area contributed by atoms with Crippen molar-refractivity contribution in [2.24, 2.45) is 0 Å². The molecule has 3 nitrogen and oxygen atoms in total. The molecule has 11 heteroatoms. The monoisotopic (exact) mass is 1250 g/mol. The molecule has 12 rings (SSSR count). The van der Waals surface area contributed by atoms with Gasteiger partial charge in [0.15, 0.2) is 0 Å². The SMILES string of the molecule is CC(C)(C)c1ccc(-c2ccc([S-])c(-c3nc4ccccc4s3)c2)cc1.CC(C)(C)c1ccc(-c2ccc([S-])c(-c3nc4ccccc4s3)c2)cc1.CC(C)(C)c1ccc(-c2ccc([S-])c(-c3nc4ccccc4s3)c2)cc1.[Zn].[Zn]. The Morgan fingerprint density at radius 3 is 0.738 bits per heavy atom. The Hall–Kier alpha value is -5.44. The number of para-hydroxylation sites is 3. The van der Waals surface area contributed by atoms with E-state index in [-0.39, 0.29) is 55.2 Å². The summed E-state index contributed by atoms with van der Waals surface area (Å²) in [6.45, 7) is 20.1. The molecule has 0 bridgehead atoms. The molecular weight excluding hydrogens is 1190 g/mol. The normalized spacial score (nSPS) is 11.5. The van der Waals surface area contributed by atoms with E-state index >= 15 is 0 Å². The van der Waals surface area contributed by atoms with Crippen molar-refractivity contribution in [2.45, 2.75) is 93.2 Å². The van der Waals surface area contributed by atoms with E-state index in [1.165, 1.54) is 64.2 Å². The Kier molecular flexibility index (Phi) is 19.2. The number of thiazole rings is 3. The number of rotatable bonds is 6. The summed E-state index contributed by atoms with van der Waals surface area (Å²) in [5.74, 6) is 0. The number of hydrogen-bond acceptors (Lipinski definition) is 9. The van der Waals surface area contributed by atoms with Crippen molar-refractivity contribution in [1.82, 2.24) is 15.0 Å². The second-order valence-electron chi connectivity index (χ2n) is 22.6. The second-order valence-corrected chi connectivity index (χ2v) is 27.0. The zero-order valence-electron chi connectivity index (χ0n) is 46.8. The molecular formula is C69H60N3S6Zn2-3. The third-order valence-corrected chi connectivity index (χ3v) is 18.0. The standard InChI is InChI=1S/3C23H21NS2.2Zn/c3*1-23(2,3)17-11-8-15(9-12-17)16-10-13-20(25)18(14-16)22-24-19-6-4-5-7-21(19)26-22;;/h3*4-14,25H,1-3H3;;/p-3. The zero-order chi connectivity index (χ0) is 54.9. The molecule has 12 aromatic rings. The van der Waals surface area contributed by atoms with Crippen molar-refractivity contribution in [3.8, 4) is 65.1 Å². The van der Waals surface area contributed by atoms with Crippen LogP contribution in [0.25, 0.3) is 95.7 Å². The summed E-state index contributed by atoms with van der Waals surface area (Å²) in [5, 5.41) is 2.97. The average molecular weight is 1250 g/mol. The van der Waals surface area contributed by atoms with Crippen molar-refractivity contribution in [1.29, 1.82) is 0 Å². The maximum atomic E-state index is 5.58. The van der Waals surface area contributed by atoms with E-state index in [0.717, 1.165) is 62.9 Å². The van der Waals surface area contributed by atoms with Gasteiger partial charge in [0.05, 0.1) is 30.6 Å². The first-order valence-electron chi connectivity index (χ1n) is 26.1. The van der Waals surface area contributed by atoms with Crippen LogP contribution in [0.3, 0.4) is 0 Å². The molecule has 0 aliphatic carbocycles. The molecule has 0 fully saturated rings. The Morgan fingerprint density at radius 1 is 0.287 bits per heavy atom. The third-order valence-electron chi connectivity index (χ3n) is 13.8. The molecule has 0 unspecified atom stereocenters. The van der Waals surface area contributed by atoms with Gasteiger partial charge in [0, 0.05) is 39.0 Å². The van der Waals surface area contributed by atoms with Crippen LogP contribution in [0.1, 0.15) is 79.0 Å². The zero-order valence-corrected chi connectivity index (χ0v) is 57.6. The molecule has 3 heterocycles. The Bertz CT molecular complexity index is 3540. The summed E-state index contributed by atoms with van der Waals surface area (Å²) in [4.78, 5) is 16.9. The Morgan fingerprint density at radius 2 is 0.512 bits per heavy atom. The van der Waals surface area contributed by atoms with E-state index in [1.54, 1.807) is 34.0 Å². The molecule has 80 heavy (non-hydrogen) atoms. The molecule has 0 radical (unpaired) electrons. The largest absolute Gasteiger partial charge is 0.779 e. The van der Waals surface area contributed by atoms with Gasteiger partial charge < -0.3 is 37.9 Å². The van der Waals surface area contributed by atoms with Gasteiger partial charge in [0.2, 0.25) is 0 Å². The minimum Gasteiger partial charge on any atom is -0.779 e. The first kappa shape index (κ1) is 60.6. The molecule has 3 aromatic heterocycles. The molecule has 0 amide bonds. The van der Waals surface area contributed by atoms with Gasteiger partial charge in [-0.3, -0.25) is 0 Å². The minimum atomic E-state index is 0. The Balaban J connectivity index is 0.000000156. The summed E-state index contributed by atoms with van der Waals surface area (Å²) < 4.78 is 3.57. The fourth-order valence-electron chi connectivity index (χ4n) is 9.08. The van der Waals surface area contributed by atoms with Gasteiger partial charge in [-0.2, -0.15) is 14.7 Å². The van der Waals surface area contributed by atoms with Gasteiger partial charge in [-0.05, 0) is 138 Å². The topological polar surface area (TPSA) is 38.7 Å². The average Bonchev–Trinajstić information content (AvgIpc) is 4.22. The predicted molar refractivity (Wildman–Crippen MR) is 344 cm³/mol. The van der Waals surface area contributed by atoms with Crippen LogP contribution in [0, 0.1) is 0 Å². The van der Waals surface area contributed by atoms with E-state index in [0.29, 0.717) is 0 Å². The molecule has 0 spiro atoms. The summed E-state index contributed by atoms with van der Waals surface area (Å²) in [6, 6.07) is 70.0. The summed E-state index contributed by atoms with van der Waals surface area (Å²) in [7, 11) is 0. The number of fused-ring (bicyclic) bond motifs is 3. The summed E-state index contributed by atoms with van der Waals surface area (Å²) in [6.07, 6.45) is 0. The smallest absolute Gasteiger partial charge is 0.123 e. The van der Waals surface area contributed by atoms with E-state index < -0.39 is 0 Å². The van der Waals surface area contributed by atoms with Crippen molar-refractivity contribution >= 4 is 103 Å². The number of hydrogen-bond donors (Lipinski definition) is 0. The molecule has 0 atom stereocenters. The fourth-order valence-corrected chi connectivity index (χ4v) is 12.9. The molecule has 0 saturated carbocycles. The molecule has 394 valence electrons. The van der Waals surface area contributed by atoms with Gasteiger partial charge in [0.1, 0.15) is 15.0 Å². The Labute approximate surface area is 526 Å². The molecule has 0 aliphatic rings. The predicted octanol–water partition coefficient (Wildman–Crippen LogP) is 20.5. The fraction of sp³-hybridized carbons (Fsp3) is 0.174. The van der Waals surface area contributed by atoms with Crippen LogP contribution in [0.5, 0.6) is 0 Å². The van der Waals surface area contributed by atoms with Crippen LogP contribution in [0.15, 0.2) is 215 Å². The first-order valence-corrected chi connectivity index (χ1v) is 29.8. The van der Waals surface area contributed by atoms with Gasteiger partial charge in [-0.25, -0.2) is 15.0 Å². The maximum Gasteiger partial charge on any atom is 0.123 e. The van der Waals surface area contributed by atoms with Crippen LogP contribution in [-0.4, -0.2) is 15.0 Å². The van der Waals surface area contributed by atoms with Gasteiger partial charge in [0.25, 0.3) is 0 Å². The second kappa shape index (κ2) is 25.4. The molecule has 0 aliphatic heterocycles. The van der Waals surface area contributed by atoms with Crippen LogP contribution in [0.4, 0.5) is 0 Å².